The van der Waals surface area contributed by atoms with Crippen molar-refractivity contribution in [2.75, 3.05) is 0 Å². The first-order chi connectivity index (χ1) is 7.16. The lowest BCUT2D eigenvalue weighted by Crippen LogP contribution is -1.93. The third-order valence-electron chi connectivity index (χ3n) is 2.97. The molecular weight excluding hydrogens is 182 g/mol. The second-order valence-corrected chi connectivity index (χ2v) is 4.20. The lowest BCUT2D eigenvalue weighted by atomic mass is 10.0. The van der Waals surface area contributed by atoms with Gasteiger partial charge in [0.05, 0.1) is 0 Å². The molecule has 0 amide bonds. The van der Waals surface area contributed by atoms with Crippen LogP contribution in [0.3, 0.4) is 0 Å². The number of aromatic nitrogens is 1. The molecule has 1 nitrogen and oxygen atoms in total. The minimum Gasteiger partial charge on any atom is -0.354 e. The Labute approximate surface area is 91.4 Å². The molecule has 0 bridgehead atoms. The molecule has 1 heteroatoms. The van der Waals surface area contributed by atoms with Crippen LogP contribution in [0.2, 0.25) is 0 Å². The average Bonchev–Trinajstić information content (AvgIpc) is 2.50. The molecule has 0 aliphatic carbocycles. The van der Waals surface area contributed by atoms with E-state index in [-0.39, 0.29) is 0 Å². The van der Waals surface area contributed by atoms with Crippen LogP contribution in [-0.4, -0.2) is 4.57 Å². The number of benzene rings is 1. The van der Waals surface area contributed by atoms with Gasteiger partial charge in [-0.1, -0.05) is 29.8 Å². The summed E-state index contributed by atoms with van der Waals surface area (Å²) in [5.41, 5.74) is 5.50. The molecule has 78 valence electrons. The number of hydrogen-bond acceptors (Lipinski definition) is 0. The molecule has 2 aromatic rings. The molecule has 0 atom stereocenters. The van der Waals surface area contributed by atoms with Crippen LogP contribution >= 0.6 is 0 Å². The van der Waals surface area contributed by atoms with Gasteiger partial charge in [-0.3, -0.25) is 0 Å². The summed E-state index contributed by atoms with van der Waals surface area (Å²) >= 11 is 0. The third-order valence-corrected chi connectivity index (χ3v) is 2.97. The van der Waals surface area contributed by atoms with Gasteiger partial charge in [-0.15, -0.1) is 0 Å². The van der Waals surface area contributed by atoms with Crippen molar-refractivity contribution in [1.82, 2.24) is 4.57 Å². The van der Waals surface area contributed by atoms with Gasteiger partial charge in [0.2, 0.25) is 0 Å². The Kier molecular flexibility index (Phi) is 2.63. The fourth-order valence-corrected chi connectivity index (χ4v) is 1.89. The van der Waals surface area contributed by atoms with Crippen LogP contribution in [0.25, 0.3) is 0 Å². The van der Waals surface area contributed by atoms with Crippen molar-refractivity contribution in [2.45, 2.75) is 20.3 Å². The van der Waals surface area contributed by atoms with Crippen molar-refractivity contribution in [2.24, 2.45) is 7.05 Å². The van der Waals surface area contributed by atoms with Gasteiger partial charge in [0.1, 0.15) is 0 Å². The van der Waals surface area contributed by atoms with E-state index in [0.29, 0.717) is 0 Å². The first-order valence-electron chi connectivity index (χ1n) is 5.33. The molecule has 0 saturated carbocycles. The molecule has 15 heavy (non-hydrogen) atoms. The molecule has 0 radical (unpaired) electrons. The highest BCUT2D eigenvalue weighted by Gasteiger charge is 2.02. The van der Waals surface area contributed by atoms with Crippen molar-refractivity contribution >= 4 is 0 Å². The molecule has 1 aromatic carbocycles. The van der Waals surface area contributed by atoms with Crippen LogP contribution in [0.15, 0.2) is 36.5 Å². The van der Waals surface area contributed by atoms with E-state index in [4.69, 9.17) is 0 Å². The molecular formula is C14H17N. The third kappa shape index (κ3) is 2.12. The molecule has 0 unspecified atom stereocenters. The highest BCUT2D eigenvalue weighted by molar-refractivity contribution is 5.31. The lowest BCUT2D eigenvalue weighted by molar-refractivity contribution is 0.872. The maximum atomic E-state index is 2.26. The number of nitrogens with zero attached hydrogens (tertiary/aromatic N) is 1. The van der Waals surface area contributed by atoms with E-state index >= 15 is 0 Å². The Morgan fingerprint density at radius 2 is 1.93 bits per heavy atom. The zero-order valence-corrected chi connectivity index (χ0v) is 9.62. The zero-order valence-electron chi connectivity index (χ0n) is 9.62. The summed E-state index contributed by atoms with van der Waals surface area (Å²) in [6.07, 6.45) is 3.16. The van der Waals surface area contributed by atoms with Gasteiger partial charge in [0.15, 0.2) is 0 Å². The average molecular weight is 199 g/mol. The van der Waals surface area contributed by atoms with Crippen molar-refractivity contribution in [3.8, 4) is 0 Å². The van der Waals surface area contributed by atoms with Crippen LogP contribution < -0.4 is 0 Å². The van der Waals surface area contributed by atoms with E-state index in [1.54, 1.807) is 0 Å². The Morgan fingerprint density at radius 3 is 2.53 bits per heavy atom. The maximum absolute atomic E-state index is 2.26. The van der Waals surface area contributed by atoms with Gasteiger partial charge in [0.25, 0.3) is 0 Å². The van der Waals surface area contributed by atoms with E-state index in [9.17, 15) is 0 Å². The Hall–Kier alpha value is -1.50. The fourth-order valence-electron chi connectivity index (χ4n) is 1.89. The van der Waals surface area contributed by atoms with Gasteiger partial charge in [0, 0.05) is 18.9 Å². The fraction of sp³-hybridized carbons (Fsp3) is 0.286. The van der Waals surface area contributed by atoms with E-state index in [1.807, 2.05) is 0 Å². The predicted molar refractivity (Wildman–Crippen MR) is 64.1 cm³/mol. The Balaban J connectivity index is 2.26. The van der Waals surface area contributed by atoms with E-state index in [2.05, 4.69) is 62.0 Å². The molecule has 0 aliphatic rings. The summed E-state index contributed by atoms with van der Waals surface area (Å²) < 4.78 is 2.17. The van der Waals surface area contributed by atoms with Gasteiger partial charge in [-0.2, -0.15) is 0 Å². The van der Waals surface area contributed by atoms with Crippen LogP contribution in [-0.2, 0) is 13.5 Å². The van der Waals surface area contributed by atoms with Gasteiger partial charge in [-0.25, -0.2) is 0 Å². The molecule has 0 N–H and O–H groups in total. The summed E-state index contributed by atoms with van der Waals surface area (Å²) in [6.45, 7) is 4.31. The quantitative estimate of drug-likeness (QED) is 0.699. The van der Waals surface area contributed by atoms with Crippen LogP contribution in [0.4, 0.5) is 0 Å². The highest BCUT2D eigenvalue weighted by Crippen LogP contribution is 2.15. The smallest absolute Gasteiger partial charge is 0.0176 e. The summed E-state index contributed by atoms with van der Waals surface area (Å²) in [5.74, 6) is 0. The molecule has 0 spiro atoms. The Bertz CT molecular complexity index is 466. The first kappa shape index (κ1) is 10.0. The predicted octanol–water partition coefficient (Wildman–Crippen LogP) is 3.23. The van der Waals surface area contributed by atoms with E-state index < -0.39 is 0 Å². The summed E-state index contributed by atoms with van der Waals surface area (Å²) in [6, 6.07) is 10.9. The van der Waals surface area contributed by atoms with E-state index in [0.717, 1.165) is 6.42 Å². The largest absolute Gasteiger partial charge is 0.354 e. The summed E-state index contributed by atoms with van der Waals surface area (Å²) in [4.78, 5) is 0. The minimum absolute atomic E-state index is 1.04. The SMILES string of the molecule is Cc1cccc(Cc2ccn(C)c2C)c1. The van der Waals surface area contributed by atoms with Crippen molar-refractivity contribution in [3.05, 3.63) is 58.9 Å². The van der Waals surface area contributed by atoms with E-state index in [1.165, 1.54) is 22.4 Å². The summed E-state index contributed by atoms with van der Waals surface area (Å²) in [7, 11) is 2.09. The topological polar surface area (TPSA) is 4.93 Å². The van der Waals surface area contributed by atoms with Crippen molar-refractivity contribution in [3.63, 3.8) is 0 Å². The van der Waals surface area contributed by atoms with Crippen LogP contribution in [0, 0.1) is 13.8 Å². The second kappa shape index (κ2) is 3.93. The molecule has 0 fully saturated rings. The maximum Gasteiger partial charge on any atom is 0.0176 e. The number of hydrogen-bond donors (Lipinski definition) is 0. The van der Waals surface area contributed by atoms with Gasteiger partial charge in [-0.05, 0) is 37.5 Å². The van der Waals surface area contributed by atoms with Crippen LogP contribution in [0.1, 0.15) is 22.4 Å². The molecule has 1 heterocycles. The standard InChI is InChI=1S/C14H17N/c1-11-5-4-6-13(9-11)10-14-7-8-15(3)12(14)2/h4-9H,10H2,1-3H3. The number of rotatable bonds is 2. The normalized spacial score (nSPS) is 10.6. The molecule has 0 saturated heterocycles. The van der Waals surface area contributed by atoms with Gasteiger partial charge >= 0.3 is 0 Å². The molecule has 0 aliphatic heterocycles. The molecule has 2 rings (SSSR count). The highest BCUT2D eigenvalue weighted by atomic mass is 14.9. The Morgan fingerprint density at radius 1 is 1.13 bits per heavy atom. The second-order valence-electron chi connectivity index (χ2n) is 4.20. The summed E-state index contributed by atoms with van der Waals surface area (Å²) in [5, 5.41) is 0. The monoisotopic (exact) mass is 199 g/mol. The first-order valence-corrected chi connectivity index (χ1v) is 5.33. The zero-order chi connectivity index (χ0) is 10.8. The minimum atomic E-state index is 1.04. The van der Waals surface area contributed by atoms with Crippen molar-refractivity contribution in [1.29, 1.82) is 0 Å². The van der Waals surface area contributed by atoms with Gasteiger partial charge < -0.3 is 4.57 Å². The lowest BCUT2D eigenvalue weighted by Gasteiger charge is -2.03. The van der Waals surface area contributed by atoms with Crippen molar-refractivity contribution < 1.29 is 0 Å². The number of aryl methyl sites for hydroxylation is 2. The molecule has 1 aromatic heterocycles. The van der Waals surface area contributed by atoms with Crippen LogP contribution in [0.5, 0.6) is 0 Å².